The summed E-state index contributed by atoms with van der Waals surface area (Å²) in [6.45, 7) is 0. The molecule has 0 aliphatic rings. The summed E-state index contributed by atoms with van der Waals surface area (Å²) in [7, 11) is 1.08. The summed E-state index contributed by atoms with van der Waals surface area (Å²) in [5, 5.41) is -0.740. The standard InChI is InChI=1S/C7H4Cl2F3NO/c1-14-5-3(7(10,11)12)2-4(8)13-6(5)9/h2H,1H3. The summed E-state index contributed by atoms with van der Waals surface area (Å²) >= 11 is 10.8. The van der Waals surface area contributed by atoms with Crippen LogP contribution >= 0.6 is 23.2 Å². The lowest BCUT2D eigenvalue weighted by Crippen LogP contribution is -2.08. The molecule has 1 aromatic heterocycles. The SMILES string of the molecule is COc1c(C(F)(F)F)cc(Cl)nc1Cl. The minimum absolute atomic E-state index is 0.330. The Labute approximate surface area is 87.6 Å². The van der Waals surface area contributed by atoms with Crippen molar-refractivity contribution in [1.29, 1.82) is 0 Å². The minimum Gasteiger partial charge on any atom is -0.493 e. The van der Waals surface area contributed by atoms with Crippen LogP contribution in [0, 0.1) is 0 Å². The quantitative estimate of drug-likeness (QED) is 0.708. The Bertz CT molecular complexity index is 354. The predicted molar refractivity (Wildman–Crippen MR) is 45.8 cm³/mol. The van der Waals surface area contributed by atoms with E-state index in [1.807, 2.05) is 0 Å². The van der Waals surface area contributed by atoms with Crippen LogP contribution in [0.25, 0.3) is 0 Å². The number of alkyl halides is 3. The summed E-state index contributed by atoms with van der Waals surface area (Å²) in [6, 6.07) is 0.659. The highest BCUT2D eigenvalue weighted by Crippen LogP contribution is 2.40. The van der Waals surface area contributed by atoms with Gasteiger partial charge in [0.1, 0.15) is 10.7 Å². The van der Waals surface area contributed by atoms with E-state index < -0.39 is 22.6 Å². The molecule has 1 rings (SSSR count). The fourth-order valence-corrected chi connectivity index (χ4v) is 1.38. The van der Waals surface area contributed by atoms with Crippen LogP contribution in [0.4, 0.5) is 13.2 Å². The zero-order chi connectivity index (χ0) is 10.9. The second-order valence-electron chi connectivity index (χ2n) is 2.31. The van der Waals surface area contributed by atoms with Gasteiger partial charge in [0, 0.05) is 0 Å². The molecule has 0 saturated carbocycles. The van der Waals surface area contributed by atoms with Crippen LogP contribution < -0.4 is 4.74 Å². The molecule has 0 bridgehead atoms. The van der Waals surface area contributed by atoms with Crippen molar-refractivity contribution in [3.05, 3.63) is 21.9 Å². The van der Waals surface area contributed by atoms with Crippen molar-refractivity contribution in [1.82, 2.24) is 4.98 Å². The number of hydrogen-bond acceptors (Lipinski definition) is 2. The van der Waals surface area contributed by atoms with E-state index in [1.165, 1.54) is 0 Å². The van der Waals surface area contributed by atoms with Crippen molar-refractivity contribution < 1.29 is 17.9 Å². The van der Waals surface area contributed by atoms with Crippen LogP contribution in [0.2, 0.25) is 10.3 Å². The molecule has 1 heterocycles. The predicted octanol–water partition coefficient (Wildman–Crippen LogP) is 3.42. The fourth-order valence-electron chi connectivity index (χ4n) is 0.877. The number of nitrogens with zero attached hydrogens (tertiary/aromatic N) is 1. The van der Waals surface area contributed by atoms with Crippen molar-refractivity contribution in [2.75, 3.05) is 7.11 Å². The summed E-state index contributed by atoms with van der Waals surface area (Å²) in [5.41, 5.74) is -1.04. The molecule has 0 fully saturated rings. The molecule has 0 aliphatic heterocycles. The van der Waals surface area contributed by atoms with Gasteiger partial charge in [0.2, 0.25) is 0 Å². The highest BCUT2D eigenvalue weighted by Gasteiger charge is 2.36. The van der Waals surface area contributed by atoms with Crippen molar-refractivity contribution in [3.63, 3.8) is 0 Å². The third kappa shape index (κ3) is 2.22. The van der Waals surface area contributed by atoms with E-state index in [2.05, 4.69) is 9.72 Å². The minimum atomic E-state index is -4.57. The van der Waals surface area contributed by atoms with Crippen molar-refractivity contribution >= 4 is 23.2 Å². The van der Waals surface area contributed by atoms with Gasteiger partial charge in [-0.25, -0.2) is 4.98 Å². The molecule has 0 N–H and O–H groups in total. The third-order valence-electron chi connectivity index (χ3n) is 1.41. The molecule has 1 aromatic rings. The van der Waals surface area contributed by atoms with E-state index in [1.54, 1.807) is 0 Å². The number of pyridine rings is 1. The largest absolute Gasteiger partial charge is 0.493 e. The van der Waals surface area contributed by atoms with E-state index in [9.17, 15) is 13.2 Å². The van der Waals surface area contributed by atoms with Gasteiger partial charge in [-0.15, -0.1) is 0 Å². The van der Waals surface area contributed by atoms with Gasteiger partial charge >= 0.3 is 6.18 Å². The van der Waals surface area contributed by atoms with Gasteiger partial charge in [0.15, 0.2) is 10.9 Å². The van der Waals surface area contributed by atoms with E-state index in [0.29, 0.717) is 6.07 Å². The first-order chi connectivity index (χ1) is 6.36. The van der Waals surface area contributed by atoms with Crippen molar-refractivity contribution in [2.24, 2.45) is 0 Å². The molecule has 0 spiro atoms. The van der Waals surface area contributed by atoms with Crippen LogP contribution in [-0.2, 0) is 6.18 Å². The first kappa shape index (κ1) is 11.4. The highest BCUT2D eigenvalue weighted by molar-refractivity contribution is 6.33. The zero-order valence-electron chi connectivity index (χ0n) is 6.82. The molecule has 0 aromatic carbocycles. The first-order valence-corrected chi connectivity index (χ1v) is 4.09. The molecule has 0 atom stereocenters. The maximum Gasteiger partial charge on any atom is 0.420 e. The topological polar surface area (TPSA) is 22.1 Å². The lowest BCUT2D eigenvalue weighted by atomic mass is 10.2. The zero-order valence-corrected chi connectivity index (χ0v) is 8.33. The molecule has 7 heteroatoms. The molecule has 0 radical (unpaired) electrons. The van der Waals surface area contributed by atoms with Gasteiger partial charge in [-0.05, 0) is 6.07 Å². The molecule has 0 unspecified atom stereocenters. The van der Waals surface area contributed by atoms with Crippen LogP contribution in [0.3, 0.4) is 0 Å². The summed E-state index contributed by atoms with van der Waals surface area (Å²) < 4.78 is 41.6. The van der Waals surface area contributed by atoms with Crippen LogP contribution in [0.5, 0.6) is 5.75 Å². The Morgan fingerprint density at radius 2 is 1.93 bits per heavy atom. The van der Waals surface area contributed by atoms with Crippen molar-refractivity contribution in [3.8, 4) is 5.75 Å². The van der Waals surface area contributed by atoms with Crippen LogP contribution in [0.1, 0.15) is 5.56 Å². The van der Waals surface area contributed by atoms with E-state index in [4.69, 9.17) is 23.2 Å². The highest BCUT2D eigenvalue weighted by atomic mass is 35.5. The average molecular weight is 246 g/mol. The Kier molecular flexibility index (Phi) is 3.11. The van der Waals surface area contributed by atoms with Gasteiger partial charge in [-0.3, -0.25) is 0 Å². The van der Waals surface area contributed by atoms with Gasteiger partial charge in [0.05, 0.1) is 7.11 Å². The van der Waals surface area contributed by atoms with Crippen LogP contribution in [-0.4, -0.2) is 12.1 Å². The molecular weight excluding hydrogens is 242 g/mol. The Morgan fingerprint density at radius 3 is 2.36 bits per heavy atom. The summed E-state index contributed by atoms with van der Waals surface area (Å²) in [5.74, 6) is -0.524. The van der Waals surface area contributed by atoms with Gasteiger partial charge in [0.25, 0.3) is 0 Å². The van der Waals surface area contributed by atoms with Crippen molar-refractivity contribution in [2.45, 2.75) is 6.18 Å². The number of rotatable bonds is 1. The number of methoxy groups -OCH3 is 1. The maximum absolute atomic E-state index is 12.4. The molecule has 14 heavy (non-hydrogen) atoms. The van der Waals surface area contributed by atoms with E-state index >= 15 is 0 Å². The molecule has 0 aliphatic carbocycles. The number of aromatic nitrogens is 1. The number of ether oxygens (including phenoxy) is 1. The number of halogens is 5. The molecule has 78 valence electrons. The third-order valence-corrected chi connectivity index (χ3v) is 1.86. The maximum atomic E-state index is 12.4. The second-order valence-corrected chi connectivity index (χ2v) is 3.06. The van der Waals surface area contributed by atoms with Gasteiger partial charge in [-0.2, -0.15) is 13.2 Å². The van der Waals surface area contributed by atoms with E-state index in [-0.39, 0.29) is 5.15 Å². The normalized spacial score (nSPS) is 11.6. The monoisotopic (exact) mass is 245 g/mol. The van der Waals surface area contributed by atoms with Gasteiger partial charge in [-0.1, -0.05) is 23.2 Å². The molecule has 0 saturated heterocycles. The number of hydrogen-bond donors (Lipinski definition) is 0. The van der Waals surface area contributed by atoms with Gasteiger partial charge < -0.3 is 4.74 Å². The lowest BCUT2D eigenvalue weighted by molar-refractivity contribution is -0.138. The second kappa shape index (κ2) is 3.82. The Morgan fingerprint density at radius 1 is 1.36 bits per heavy atom. The van der Waals surface area contributed by atoms with Crippen LogP contribution in [0.15, 0.2) is 6.07 Å². The Balaban J connectivity index is 3.40. The summed E-state index contributed by atoms with van der Waals surface area (Å²) in [6.07, 6.45) is -4.57. The molecular formula is C7H4Cl2F3NO. The lowest BCUT2D eigenvalue weighted by Gasteiger charge is -2.12. The molecule has 2 nitrogen and oxygen atoms in total. The summed E-state index contributed by atoms with van der Waals surface area (Å²) in [4.78, 5) is 3.42. The average Bonchev–Trinajstić information content (AvgIpc) is 2.01. The first-order valence-electron chi connectivity index (χ1n) is 3.33. The Hall–Kier alpha value is -0.680. The fraction of sp³-hybridized carbons (Fsp3) is 0.286. The molecule has 0 amide bonds. The smallest absolute Gasteiger partial charge is 0.420 e. The van der Waals surface area contributed by atoms with E-state index in [0.717, 1.165) is 7.11 Å².